The molecule has 2 atom stereocenters. The number of carbonyl (C=O) groups is 3. The molecule has 1 N–H and O–H groups in total. The number of nitro benzene ring substituents is 1. The van der Waals surface area contributed by atoms with Crippen LogP contribution in [0.5, 0.6) is 0 Å². The highest BCUT2D eigenvalue weighted by atomic mass is 16.6. The van der Waals surface area contributed by atoms with Crippen molar-refractivity contribution in [2.75, 3.05) is 16.3 Å². The summed E-state index contributed by atoms with van der Waals surface area (Å²) in [7, 11) is 0. The van der Waals surface area contributed by atoms with Crippen molar-refractivity contribution in [3.05, 3.63) is 63.2 Å². The first-order chi connectivity index (χ1) is 17.2. The Morgan fingerprint density at radius 2 is 1.83 bits per heavy atom. The van der Waals surface area contributed by atoms with E-state index in [4.69, 9.17) is 0 Å². The maximum absolute atomic E-state index is 14.4. The first kappa shape index (κ1) is 25.3. The highest BCUT2D eigenvalue weighted by molar-refractivity contribution is 6.31. The van der Waals surface area contributed by atoms with E-state index < -0.39 is 34.2 Å². The Morgan fingerprint density at radius 1 is 1.08 bits per heavy atom. The number of fused-ring (bicyclic) bond motifs is 1. The summed E-state index contributed by atoms with van der Waals surface area (Å²) in [6.45, 7) is 8.38. The van der Waals surface area contributed by atoms with Crippen LogP contribution in [0.4, 0.5) is 21.9 Å². The molecule has 1 fully saturated rings. The number of nitro groups is 1. The summed E-state index contributed by atoms with van der Waals surface area (Å²) in [6.07, 6.45) is 2.97. The number of rotatable bonds is 7. The van der Waals surface area contributed by atoms with Gasteiger partial charge in [0.2, 0.25) is 5.91 Å². The number of hydrogen-bond acceptors (Lipinski definition) is 6. The highest BCUT2D eigenvalue weighted by Gasteiger charge is 2.62. The van der Waals surface area contributed by atoms with Crippen LogP contribution in [0, 0.1) is 29.4 Å². The monoisotopic (exact) mass is 492 g/mol. The Balaban J connectivity index is 1.94. The molecule has 1 spiro atoms. The molecule has 36 heavy (non-hydrogen) atoms. The number of nitrogens with one attached hydrogen (secondary N) is 1. The second-order valence-corrected chi connectivity index (χ2v) is 9.69. The van der Waals surface area contributed by atoms with Gasteiger partial charge < -0.3 is 4.90 Å². The van der Waals surface area contributed by atoms with Gasteiger partial charge in [-0.3, -0.25) is 25.0 Å². The second-order valence-electron chi connectivity index (χ2n) is 9.69. The van der Waals surface area contributed by atoms with Gasteiger partial charge in [-0.15, -0.1) is 0 Å². The number of hydrogen-bond donors (Lipinski definition) is 1. The predicted molar refractivity (Wildman–Crippen MR) is 137 cm³/mol. The molecule has 0 bridgehead atoms. The minimum Gasteiger partial charge on any atom is -0.367 e. The van der Waals surface area contributed by atoms with Crippen LogP contribution in [0.15, 0.2) is 36.4 Å². The number of amides is 4. The lowest BCUT2D eigenvalue weighted by Crippen LogP contribution is -2.72. The number of benzene rings is 2. The van der Waals surface area contributed by atoms with Crippen LogP contribution < -0.4 is 15.1 Å². The van der Waals surface area contributed by atoms with Gasteiger partial charge in [0.05, 0.1) is 16.7 Å². The Labute approximate surface area is 210 Å². The van der Waals surface area contributed by atoms with Crippen LogP contribution in [0.3, 0.4) is 0 Å². The number of unbranched alkanes of at least 4 members (excludes halogenated alkanes) is 1. The Bertz CT molecular complexity index is 1240. The van der Waals surface area contributed by atoms with Crippen molar-refractivity contribution in [1.82, 2.24) is 5.32 Å². The molecule has 0 saturated carbocycles. The molecule has 0 aromatic heterocycles. The van der Waals surface area contributed by atoms with Crippen LogP contribution in [0.25, 0.3) is 0 Å². The van der Waals surface area contributed by atoms with Gasteiger partial charge in [-0.2, -0.15) is 0 Å². The van der Waals surface area contributed by atoms with Gasteiger partial charge in [-0.25, -0.2) is 9.69 Å². The zero-order chi connectivity index (χ0) is 26.2. The molecule has 2 aliphatic rings. The van der Waals surface area contributed by atoms with Crippen molar-refractivity contribution in [3.63, 3.8) is 0 Å². The van der Waals surface area contributed by atoms with Crippen LogP contribution in [-0.2, 0) is 16.0 Å². The van der Waals surface area contributed by atoms with Crippen molar-refractivity contribution in [1.29, 1.82) is 0 Å². The van der Waals surface area contributed by atoms with Crippen LogP contribution in [-0.4, -0.2) is 35.4 Å². The highest BCUT2D eigenvalue weighted by Crippen LogP contribution is 2.47. The summed E-state index contributed by atoms with van der Waals surface area (Å²) >= 11 is 0. The number of aryl methyl sites for hydroxylation is 1. The summed E-state index contributed by atoms with van der Waals surface area (Å²) < 4.78 is 0. The van der Waals surface area contributed by atoms with Crippen molar-refractivity contribution in [3.8, 4) is 0 Å². The zero-order valence-electron chi connectivity index (χ0n) is 21.2. The fraction of sp³-hybridized carbons (Fsp3) is 0.444. The number of non-ortho nitro benzene ring substituents is 1. The van der Waals surface area contributed by atoms with Gasteiger partial charge >= 0.3 is 6.03 Å². The van der Waals surface area contributed by atoms with Crippen LogP contribution in [0.2, 0.25) is 0 Å². The van der Waals surface area contributed by atoms with Crippen molar-refractivity contribution in [2.45, 2.75) is 65.8 Å². The first-order valence-corrected chi connectivity index (χ1v) is 12.5. The minimum atomic E-state index is -1.60. The average Bonchev–Trinajstić information content (AvgIpc) is 2.84. The fourth-order valence-electron chi connectivity index (χ4n) is 5.54. The summed E-state index contributed by atoms with van der Waals surface area (Å²) in [6, 6.07) is 8.74. The maximum atomic E-state index is 14.4. The molecule has 0 aliphatic carbocycles. The molecule has 4 amide bonds. The largest absolute Gasteiger partial charge is 0.367 e. The summed E-state index contributed by atoms with van der Waals surface area (Å²) in [5.74, 6) is -1.22. The number of anilines is 2. The molecule has 190 valence electrons. The van der Waals surface area contributed by atoms with Gasteiger partial charge in [0, 0.05) is 30.8 Å². The molecule has 2 aromatic rings. The molecule has 9 heteroatoms. The van der Waals surface area contributed by atoms with E-state index in [2.05, 4.69) is 17.1 Å². The smallest absolute Gasteiger partial charge is 0.335 e. The van der Waals surface area contributed by atoms with Gasteiger partial charge in [-0.05, 0) is 55.5 Å². The van der Waals surface area contributed by atoms with Crippen molar-refractivity contribution >= 4 is 34.9 Å². The Hall–Kier alpha value is -3.75. The number of nitrogens with zero attached hydrogens (tertiary/aromatic N) is 3. The van der Waals surface area contributed by atoms with Crippen LogP contribution in [0.1, 0.15) is 56.2 Å². The van der Waals surface area contributed by atoms with Gasteiger partial charge in [0.15, 0.2) is 5.41 Å². The van der Waals surface area contributed by atoms with E-state index in [1.807, 2.05) is 26.8 Å². The quantitative estimate of drug-likeness (QED) is 0.337. The van der Waals surface area contributed by atoms with E-state index in [0.717, 1.165) is 41.0 Å². The van der Waals surface area contributed by atoms with Crippen LogP contribution >= 0.6 is 0 Å². The number of barbiturate groups is 1. The maximum Gasteiger partial charge on any atom is 0.335 e. The summed E-state index contributed by atoms with van der Waals surface area (Å²) in [4.78, 5) is 55.4. The first-order valence-electron chi connectivity index (χ1n) is 12.5. The number of urea groups is 1. The topological polar surface area (TPSA) is 113 Å². The normalized spacial score (nSPS) is 21.6. The lowest BCUT2D eigenvalue weighted by atomic mass is 9.67. The third-order valence-corrected chi connectivity index (χ3v) is 7.54. The molecule has 2 heterocycles. The summed E-state index contributed by atoms with van der Waals surface area (Å²) in [5, 5.41) is 14.0. The van der Waals surface area contributed by atoms with E-state index in [-0.39, 0.29) is 12.1 Å². The predicted octanol–water partition coefficient (Wildman–Crippen LogP) is 4.81. The molecule has 2 aliphatic heterocycles. The fourth-order valence-corrected chi connectivity index (χ4v) is 5.54. The third-order valence-electron chi connectivity index (χ3n) is 7.54. The van der Waals surface area contributed by atoms with Crippen molar-refractivity contribution in [2.24, 2.45) is 5.41 Å². The molecular formula is C27H32N4O5. The molecule has 1 saturated heterocycles. The van der Waals surface area contributed by atoms with E-state index in [0.29, 0.717) is 24.2 Å². The standard InChI is InChI=1S/C27H32N4O5/c1-5-7-14-29-22-13-12-20(31(35)36)15-19(22)16-27(23(29)9-6-2)24(32)28-26(34)30(25(27)33)21-11-8-10-17(3)18(21)4/h8,10-13,15,23H,5-7,9,14,16H2,1-4H3,(H,28,32,34)/t23-,27-/m1/s1. The second kappa shape index (κ2) is 9.72. The molecule has 0 radical (unpaired) electrons. The average molecular weight is 493 g/mol. The van der Waals surface area contributed by atoms with Gasteiger partial charge in [0.1, 0.15) is 0 Å². The molecule has 9 nitrogen and oxygen atoms in total. The van der Waals surface area contributed by atoms with E-state index in [1.54, 1.807) is 18.2 Å². The van der Waals surface area contributed by atoms with E-state index in [9.17, 15) is 24.5 Å². The summed E-state index contributed by atoms with van der Waals surface area (Å²) in [5.41, 5.74) is 1.78. The third kappa shape index (κ3) is 3.92. The minimum absolute atomic E-state index is 0.0172. The SMILES string of the molecule is CCCCN1c2ccc([N+](=O)[O-])cc2C[C@]2(C(=O)NC(=O)N(c3cccc(C)c3C)C2=O)[C@H]1CCC. The Kier molecular flexibility index (Phi) is 6.84. The van der Waals surface area contributed by atoms with Gasteiger partial charge in [0.25, 0.3) is 11.6 Å². The number of imide groups is 2. The number of carbonyl (C=O) groups excluding carboxylic acids is 3. The van der Waals surface area contributed by atoms with Crippen molar-refractivity contribution < 1.29 is 19.3 Å². The molecule has 4 rings (SSSR count). The lowest BCUT2D eigenvalue weighted by Gasteiger charge is -2.52. The van der Waals surface area contributed by atoms with Gasteiger partial charge in [-0.1, -0.05) is 38.8 Å². The Morgan fingerprint density at radius 3 is 2.50 bits per heavy atom. The molecule has 2 aromatic carbocycles. The van der Waals surface area contributed by atoms with E-state index in [1.165, 1.54) is 12.1 Å². The zero-order valence-corrected chi connectivity index (χ0v) is 21.2. The van der Waals surface area contributed by atoms with E-state index >= 15 is 0 Å². The molecule has 0 unspecified atom stereocenters. The lowest BCUT2D eigenvalue weighted by molar-refractivity contribution is -0.384. The molecular weight excluding hydrogens is 460 g/mol.